The van der Waals surface area contributed by atoms with Gasteiger partial charge in [0.15, 0.2) is 0 Å². The number of nitrogens with zero attached hydrogens (tertiary/aromatic N) is 1. The van der Waals surface area contributed by atoms with Crippen LogP contribution in [-0.2, 0) is 19.1 Å². The Morgan fingerprint density at radius 2 is 1.77 bits per heavy atom. The van der Waals surface area contributed by atoms with Gasteiger partial charge >= 0.3 is 17.9 Å². The number of anilines is 1. The molecule has 1 heterocycles. The maximum Gasteiger partial charge on any atom is 0.355 e. The van der Waals surface area contributed by atoms with Crippen molar-refractivity contribution in [1.29, 1.82) is 0 Å². The molecule has 1 aliphatic heterocycles. The largest absolute Gasteiger partial charge is 0.478 e. The number of carbonyl (C=O) groups is 3. The average molecular weight is 382 g/mol. The van der Waals surface area contributed by atoms with Crippen molar-refractivity contribution < 1.29 is 33.4 Å². The molecular weight excluding hydrogens is 369 g/mol. The van der Waals surface area contributed by atoms with Crippen molar-refractivity contribution >= 4 is 35.2 Å². The number of halogens is 2. The Bertz CT molecular complexity index is 874. The molecule has 0 bridgehead atoms. The second kappa shape index (κ2) is 7.83. The summed E-state index contributed by atoms with van der Waals surface area (Å²) in [5, 5.41) is 8.95. The number of allylic oxidation sites excluding steroid dienone is 2. The van der Waals surface area contributed by atoms with Crippen molar-refractivity contribution in [2.75, 3.05) is 19.1 Å². The van der Waals surface area contributed by atoms with Gasteiger partial charge in [-0.25, -0.2) is 18.8 Å². The number of carboxylic acid groups (broad SMARTS) is 1. The van der Waals surface area contributed by atoms with E-state index in [1.165, 1.54) is 24.4 Å². The van der Waals surface area contributed by atoms with Gasteiger partial charge in [-0.3, -0.25) is 0 Å². The highest BCUT2D eigenvalue weighted by molar-refractivity contribution is 6.33. The van der Waals surface area contributed by atoms with Gasteiger partial charge in [-0.1, -0.05) is 17.7 Å². The minimum Gasteiger partial charge on any atom is -0.478 e. The van der Waals surface area contributed by atoms with Crippen LogP contribution in [-0.4, -0.2) is 37.2 Å². The van der Waals surface area contributed by atoms with Crippen LogP contribution in [0.5, 0.6) is 0 Å². The van der Waals surface area contributed by atoms with E-state index in [-0.39, 0.29) is 22.0 Å². The van der Waals surface area contributed by atoms with Gasteiger partial charge in [-0.15, -0.1) is 0 Å². The monoisotopic (exact) mass is 381 g/mol. The Morgan fingerprint density at radius 1 is 1.12 bits per heavy atom. The van der Waals surface area contributed by atoms with Gasteiger partial charge < -0.3 is 19.5 Å². The summed E-state index contributed by atoms with van der Waals surface area (Å²) < 4.78 is 23.2. The molecule has 0 radical (unpaired) electrons. The van der Waals surface area contributed by atoms with Crippen molar-refractivity contribution in [2.45, 2.75) is 0 Å². The second-order valence-corrected chi connectivity index (χ2v) is 5.31. The lowest BCUT2D eigenvalue weighted by molar-refractivity contribution is -0.139. The van der Waals surface area contributed by atoms with Gasteiger partial charge in [0.25, 0.3) is 0 Å². The number of benzene rings is 1. The zero-order valence-corrected chi connectivity index (χ0v) is 14.4. The minimum absolute atomic E-state index is 0.0350. The smallest absolute Gasteiger partial charge is 0.355 e. The van der Waals surface area contributed by atoms with Crippen LogP contribution in [0.4, 0.5) is 10.1 Å². The third-order valence-corrected chi connectivity index (χ3v) is 3.72. The Labute approximate surface area is 152 Å². The predicted octanol–water partition coefficient (Wildman–Crippen LogP) is 2.67. The number of carboxylic acids is 1. The Hall–Kier alpha value is -3.13. The molecule has 0 aromatic heterocycles. The summed E-state index contributed by atoms with van der Waals surface area (Å²) in [5.74, 6) is -4.29. The minimum atomic E-state index is -1.52. The van der Waals surface area contributed by atoms with Crippen LogP contribution >= 0.6 is 11.6 Å². The van der Waals surface area contributed by atoms with E-state index in [1.54, 1.807) is 0 Å². The first-order valence-corrected chi connectivity index (χ1v) is 7.47. The number of esters is 2. The highest BCUT2D eigenvalue weighted by Crippen LogP contribution is 2.34. The molecule has 0 fully saturated rings. The van der Waals surface area contributed by atoms with Gasteiger partial charge in [0, 0.05) is 6.20 Å². The molecule has 0 aliphatic carbocycles. The van der Waals surface area contributed by atoms with Crippen LogP contribution in [0.3, 0.4) is 0 Å². The van der Waals surface area contributed by atoms with Crippen LogP contribution in [0.15, 0.2) is 47.8 Å². The number of methoxy groups -OCH3 is 2. The molecule has 1 aromatic rings. The van der Waals surface area contributed by atoms with E-state index in [2.05, 4.69) is 4.74 Å². The van der Waals surface area contributed by atoms with Crippen molar-refractivity contribution in [3.8, 4) is 0 Å². The summed E-state index contributed by atoms with van der Waals surface area (Å²) in [5.41, 5.74) is -1.11. The van der Waals surface area contributed by atoms with E-state index in [0.717, 1.165) is 31.3 Å². The third kappa shape index (κ3) is 3.60. The Balaban J connectivity index is 2.77. The average Bonchev–Trinajstić information content (AvgIpc) is 2.83. The molecular formula is C17H13ClFNO6. The zero-order valence-electron chi connectivity index (χ0n) is 13.7. The van der Waals surface area contributed by atoms with Crippen LogP contribution in [0.1, 0.15) is 10.4 Å². The summed E-state index contributed by atoms with van der Waals surface area (Å²) in [7, 11) is 2.24. The fraction of sp³-hybridized carbons (Fsp3) is 0.118. The topological polar surface area (TPSA) is 93.1 Å². The van der Waals surface area contributed by atoms with Gasteiger partial charge in [-0.2, -0.15) is 0 Å². The number of rotatable bonds is 4. The summed E-state index contributed by atoms with van der Waals surface area (Å²) in [4.78, 5) is 36.7. The fourth-order valence-electron chi connectivity index (χ4n) is 2.24. The predicted molar refractivity (Wildman–Crippen MR) is 90.2 cm³/mol. The number of hydrogen-bond donors (Lipinski definition) is 1. The van der Waals surface area contributed by atoms with Gasteiger partial charge in [0.05, 0.1) is 36.1 Å². The zero-order chi connectivity index (χ0) is 19.4. The lowest BCUT2D eigenvalue weighted by Crippen LogP contribution is -2.27. The first-order chi connectivity index (χ1) is 12.3. The van der Waals surface area contributed by atoms with Gasteiger partial charge in [-0.05, 0) is 24.3 Å². The molecule has 2 rings (SSSR count). The molecule has 26 heavy (non-hydrogen) atoms. The summed E-state index contributed by atoms with van der Waals surface area (Å²) in [6, 6.07) is 1.76. The highest BCUT2D eigenvalue weighted by Gasteiger charge is 2.29. The third-order valence-electron chi connectivity index (χ3n) is 3.42. The lowest BCUT2D eigenvalue weighted by atomic mass is 10.1. The van der Waals surface area contributed by atoms with E-state index in [1.807, 2.05) is 0 Å². The van der Waals surface area contributed by atoms with Crippen LogP contribution in [0.2, 0.25) is 5.02 Å². The number of hydrogen-bond acceptors (Lipinski definition) is 6. The molecule has 0 spiro atoms. The molecule has 1 N–H and O–H groups in total. The Kier molecular flexibility index (Phi) is 5.78. The SMILES string of the molecule is COC(=O)C1=C(C(=O)OC)N(c2cc(C(=O)O)c(F)cc2Cl)C=CC=C1. The molecule has 0 unspecified atom stereocenters. The van der Waals surface area contributed by atoms with E-state index >= 15 is 0 Å². The first kappa shape index (κ1) is 19.2. The van der Waals surface area contributed by atoms with E-state index < -0.39 is 29.3 Å². The summed E-state index contributed by atoms with van der Waals surface area (Å²) in [6.07, 6.45) is 5.61. The molecule has 0 saturated carbocycles. The highest BCUT2D eigenvalue weighted by atomic mass is 35.5. The second-order valence-electron chi connectivity index (χ2n) is 4.90. The molecule has 9 heteroatoms. The molecule has 1 aromatic carbocycles. The van der Waals surface area contributed by atoms with Crippen molar-refractivity contribution in [2.24, 2.45) is 0 Å². The summed E-state index contributed by atoms with van der Waals surface area (Å²) in [6.45, 7) is 0. The van der Waals surface area contributed by atoms with Crippen LogP contribution in [0, 0.1) is 5.82 Å². The molecule has 0 atom stereocenters. The van der Waals surface area contributed by atoms with Crippen molar-refractivity contribution in [3.63, 3.8) is 0 Å². The first-order valence-electron chi connectivity index (χ1n) is 7.09. The number of ether oxygens (including phenoxy) is 2. The van der Waals surface area contributed by atoms with Crippen molar-refractivity contribution in [3.05, 3.63) is 64.2 Å². The normalized spacial score (nSPS) is 13.5. The maximum atomic E-state index is 13.8. The number of carbonyl (C=O) groups excluding carboxylic acids is 2. The molecule has 1 aliphatic rings. The van der Waals surface area contributed by atoms with Crippen LogP contribution < -0.4 is 4.90 Å². The summed E-state index contributed by atoms with van der Waals surface area (Å²) >= 11 is 6.05. The lowest BCUT2D eigenvalue weighted by Gasteiger charge is -2.24. The fourth-order valence-corrected chi connectivity index (χ4v) is 2.48. The molecule has 136 valence electrons. The van der Waals surface area contributed by atoms with E-state index in [0.29, 0.717) is 0 Å². The standard InChI is InChI=1S/C17H13ClFNO6/c1-25-16(23)9-5-3-4-6-20(14(9)17(24)26-2)13-7-10(15(21)22)12(19)8-11(13)18/h3-8H,1-2H3,(H,21,22). The van der Waals surface area contributed by atoms with E-state index in [9.17, 15) is 18.8 Å². The van der Waals surface area contributed by atoms with Crippen LogP contribution in [0.25, 0.3) is 0 Å². The molecule has 7 nitrogen and oxygen atoms in total. The molecule has 0 saturated heterocycles. The van der Waals surface area contributed by atoms with Crippen molar-refractivity contribution in [1.82, 2.24) is 0 Å². The maximum absolute atomic E-state index is 13.8. The Morgan fingerprint density at radius 3 is 2.35 bits per heavy atom. The number of aromatic carboxylic acids is 1. The quantitative estimate of drug-likeness (QED) is 0.801. The molecule has 0 amide bonds. The van der Waals surface area contributed by atoms with Gasteiger partial charge in [0.2, 0.25) is 0 Å². The van der Waals surface area contributed by atoms with E-state index in [4.69, 9.17) is 21.4 Å². The van der Waals surface area contributed by atoms with Gasteiger partial charge in [0.1, 0.15) is 11.5 Å².